The minimum Gasteiger partial charge on any atom is -0.294 e. The van der Waals surface area contributed by atoms with E-state index >= 15 is 0 Å². The summed E-state index contributed by atoms with van der Waals surface area (Å²) >= 11 is 5.62. The molecule has 9 heteroatoms. The largest absolute Gasteiger partial charge is 0.417 e. The molecule has 0 spiro atoms. The van der Waals surface area contributed by atoms with Crippen molar-refractivity contribution in [3.05, 3.63) is 28.8 Å². The third-order valence-electron chi connectivity index (χ3n) is 5.68. The van der Waals surface area contributed by atoms with Crippen LogP contribution in [0.4, 0.5) is 13.2 Å². The Balaban J connectivity index is 1.87. The average molecular weight is 425 g/mol. The summed E-state index contributed by atoms with van der Waals surface area (Å²) in [7, 11) is -4.01. The lowest BCUT2D eigenvalue weighted by Crippen LogP contribution is -2.52. The highest BCUT2D eigenvalue weighted by Crippen LogP contribution is 2.37. The minimum absolute atomic E-state index is 0.0930. The molecule has 1 aromatic carbocycles. The predicted octanol–water partition coefficient (Wildman–Crippen LogP) is 4.38. The molecule has 0 N–H and O–H groups in total. The number of benzene rings is 1. The van der Waals surface area contributed by atoms with E-state index in [0.717, 1.165) is 31.4 Å². The van der Waals surface area contributed by atoms with Crippen LogP contribution >= 0.6 is 11.6 Å². The van der Waals surface area contributed by atoms with Gasteiger partial charge in [-0.25, -0.2) is 8.42 Å². The molecule has 0 saturated carbocycles. The molecule has 0 aliphatic carbocycles. The molecule has 152 valence electrons. The number of piperidine rings is 1. The summed E-state index contributed by atoms with van der Waals surface area (Å²) in [5.41, 5.74) is -1.12. The fourth-order valence-corrected chi connectivity index (χ4v) is 6.12. The van der Waals surface area contributed by atoms with Crippen molar-refractivity contribution in [1.82, 2.24) is 9.21 Å². The number of nitrogens with zero attached hydrogens (tertiary/aromatic N) is 2. The van der Waals surface area contributed by atoms with E-state index in [4.69, 9.17) is 11.6 Å². The van der Waals surface area contributed by atoms with Gasteiger partial charge in [0.05, 0.1) is 15.5 Å². The summed E-state index contributed by atoms with van der Waals surface area (Å²) in [6.45, 7) is 4.91. The van der Waals surface area contributed by atoms with E-state index in [0.29, 0.717) is 37.7 Å². The van der Waals surface area contributed by atoms with Crippen molar-refractivity contribution in [2.45, 2.75) is 68.7 Å². The summed E-state index contributed by atoms with van der Waals surface area (Å²) in [6.07, 6.45) is -0.949. The van der Waals surface area contributed by atoms with Gasteiger partial charge in [0, 0.05) is 31.2 Å². The number of likely N-dealkylation sites (tertiary alicyclic amines) is 1. The summed E-state index contributed by atoms with van der Waals surface area (Å²) in [6, 6.07) is 3.67. The summed E-state index contributed by atoms with van der Waals surface area (Å²) in [5, 5.41) is -0.502. The second-order valence-electron chi connectivity index (χ2n) is 7.52. The second kappa shape index (κ2) is 7.54. The molecule has 0 unspecified atom stereocenters. The highest BCUT2D eigenvalue weighted by molar-refractivity contribution is 7.89. The second-order valence-corrected chi connectivity index (χ2v) is 9.87. The van der Waals surface area contributed by atoms with Crippen LogP contribution in [-0.4, -0.2) is 48.8 Å². The molecule has 27 heavy (non-hydrogen) atoms. The molecule has 2 heterocycles. The molecule has 2 saturated heterocycles. The molecule has 2 aliphatic heterocycles. The number of rotatable bonds is 3. The van der Waals surface area contributed by atoms with Crippen LogP contribution in [0.1, 0.15) is 45.1 Å². The Kier molecular flexibility index (Phi) is 5.83. The third-order valence-corrected chi connectivity index (χ3v) is 7.87. The van der Waals surface area contributed by atoms with Crippen molar-refractivity contribution >= 4 is 21.6 Å². The Labute approximate surface area is 163 Å². The van der Waals surface area contributed by atoms with Gasteiger partial charge in [0.15, 0.2) is 0 Å². The normalized spacial score (nSPS) is 28.6. The molecule has 2 aliphatic rings. The van der Waals surface area contributed by atoms with Gasteiger partial charge >= 0.3 is 6.18 Å². The van der Waals surface area contributed by atoms with Crippen LogP contribution in [-0.2, 0) is 16.2 Å². The molecule has 3 atom stereocenters. The Hall–Kier alpha value is -0.830. The van der Waals surface area contributed by atoms with Gasteiger partial charge in [0.2, 0.25) is 10.0 Å². The van der Waals surface area contributed by atoms with E-state index in [1.165, 1.54) is 4.31 Å². The first-order chi connectivity index (χ1) is 12.5. The van der Waals surface area contributed by atoms with Gasteiger partial charge in [-0.2, -0.15) is 17.5 Å². The van der Waals surface area contributed by atoms with Crippen LogP contribution in [0.2, 0.25) is 5.02 Å². The van der Waals surface area contributed by atoms with Crippen LogP contribution < -0.4 is 0 Å². The summed E-state index contributed by atoms with van der Waals surface area (Å²) in [5.74, 6) is 0. The van der Waals surface area contributed by atoms with Gasteiger partial charge < -0.3 is 0 Å². The van der Waals surface area contributed by atoms with Crippen LogP contribution in [0, 0.1) is 0 Å². The van der Waals surface area contributed by atoms with Crippen LogP contribution in [0.5, 0.6) is 0 Å². The average Bonchev–Trinajstić information content (AvgIpc) is 2.92. The van der Waals surface area contributed by atoms with Gasteiger partial charge in [-0.05, 0) is 57.7 Å². The molecular weight excluding hydrogens is 401 g/mol. The number of sulfonamides is 1. The number of hydrogen-bond donors (Lipinski definition) is 0. The van der Waals surface area contributed by atoms with Gasteiger partial charge in [-0.15, -0.1) is 0 Å². The number of alkyl halides is 3. The Morgan fingerprint density at radius 2 is 1.74 bits per heavy atom. The van der Waals surface area contributed by atoms with E-state index in [1.807, 2.05) is 0 Å². The smallest absolute Gasteiger partial charge is 0.294 e. The Bertz CT molecular complexity index is 790. The van der Waals surface area contributed by atoms with E-state index in [-0.39, 0.29) is 10.9 Å². The maximum Gasteiger partial charge on any atom is 0.417 e. The van der Waals surface area contributed by atoms with Gasteiger partial charge in [0.25, 0.3) is 0 Å². The lowest BCUT2D eigenvalue weighted by atomic mass is 10.0. The molecule has 0 amide bonds. The molecule has 4 nitrogen and oxygen atoms in total. The number of halogens is 4. The number of hydrogen-bond acceptors (Lipinski definition) is 3. The zero-order valence-electron chi connectivity index (χ0n) is 15.3. The molecule has 0 bridgehead atoms. The fourth-order valence-electron chi connectivity index (χ4n) is 4.35. The van der Waals surface area contributed by atoms with E-state index < -0.39 is 26.8 Å². The van der Waals surface area contributed by atoms with Crippen molar-refractivity contribution in [1.29, 1.82) is 0 Å². The topological polar surface area (TPSA) is 40.6 Å². The maximum absolute atomic E-state index is 13.1. The molecular formula is C18H24ClF3N2O2S. The summed E-state index contributed by atoms with van der Waals surface area (Å²) in [4.78, 5) is 2.01. The zero-order valence-corrected chi connectivity index (χ0v) is 16.9. The third kappa shape index (κ3) is 4.13. The van der Waals surface area contributed by atoms with Crippen LogP contribution in [0.15, 0.2) is 23.1 Å². The first-order valence-electron chi connectivity index (χ1n) is 9.16. The highest BCUT2D eigenvalue weighted by Gasteiger charge is 2.40. The van der Waals surface area contributed by atoms with Gasteiger partial charge in [0.1, 0.15) is 0 Å². The minimum atomic E-state index is -4.70. The highest BCUT2D eigenvalue weighted by atomic mass is 35.5. The zero-order chi connectivity index (χ0) is 20.0. The summed E-state index contributed by atoms with van der Waals surface area (Å²) < 4.78 is 66.7. The standard InChI is InChI=1S/C18H24ClF3N2O2S/c1-12-5-6-13(2)24(12)14-4-3-9-23(11-14)27(25,26)15-7-8-17(19)16(10-15)18(20,21)22/h7-8,10,12-14H,3-6,9,11H2,1-2H3/t12-,13+,14-/m1/s1. The molecule has 2 fully saturated rings. The lowest BCUT2D eigenvalue weighted by Gasteiger charge is -2.41. The SMILES string of the molecule is C[C@@H]1CC[C@H](C)N1[C@@H]1CCCN(S(=O)(=O)c2ccc(Cl)c(C(F)(F)F)c2)C1. The Morgan fingerprint density at radius 1 is 1.11 bits per heavy atom. The van der Waals surface area contributed by atoms with Crippen LogP contribution in [0.3, 0.4) is 0 Å². The van der Waals surface area contributed by atoms with E-state index in [1.54, 1.807) is 0 Å². The van der Waals surface area contributed by atoms with Gasteiger partial charge in [-0.3, -0.25) is 4.90 Å². The van der Waals surface area contributed by atoms with Crippen molar-refractivity contribution in [3.8, 4) is 0 Å². The monoisotopic (exact) mass is 424 g/mol. The van der Waals surface area contributed by atoms with Crippen LogP contribution in [0.25, 0.3) is 0 Å². The first-order valence-corrected chi connectivity index (χ1v) is 11.0. The first kappa shape index (κ1) is 20.9. The predicted molar refractivity (Wildman–Crippen MR) is 98.2 cm³/mol. The van der Waals surface area contributed by atoms with Crippen molar-refractivity contribution in [3.63, 3.8) is 0 Å². The molecule has 3 rings (SSSR count). The van der Waals surface area contributed by atoms with Crippen molar-refractivity contribution < 1.29 is 21.6 Å². The molecule has 0 aromatic heterocycles. The molecule has 0 radical (unpaired) electrons. The van der Waals surface area contributed by atoms with Gasteiger partial charge in [-0.1, -0.05) is 11.6 Å². The Morgan fingerprint density at radius 3 is 2.33 bits per heavy atom. The van der Waals surface area contributed by atoms with E-state index in [2.05, 4.69) is 18.7 Å². The molecule has 1 aromatic rings. The fraction of sp³-hybridized carbons (Fsp3) is 0.667. The lowest BCUT2D eigenvalue weighted by molar-refractivity contribution is -0.137. The quantitative estimate of drug-likeness (QED) is 0.722. The van der Waals surface area contributed by atoms with Crippen molar-refractivity contribution in [2.75, 3.05) is 13.1 Å². The van der Waals surface area contributed by atoms with E-state index in [9.17, 15) is 21.6 Å². The maximum atomic E-state index is 13.1. The van der Waals surface area contributed by atoms with Crippen molar-refractivity contribution in [2.24, 2.45) is 0 Å².